The number of rotatable bonds is 5. The lowest BCUT2D eigenvalue weighted by atomic mass is 9.92. The van der Waals surface area contributed by atoms with Gasteiger partial charge in [0.2, 0.25) is 0 Å². The molecule has 4 nitrogen and oxygen atoms in total. The largest absolute Gasteiger partial charge is 0.284 e. The highest BCUT2D eigenvalue weighted by atomic mass is 15.0. The minimum atomic E-state index is 0.650. The fraction of sp³-hybridized carbons (Fsp3) is 0.0556. The number of hydrogen-bond donors (Lipinski definition) is 0. The molecule has 1 aromatic heterocycles. The van der Waals surface area contributed by atoms with Gasteiger partial charge in [-0.15, -0.1) is 0 Å². The maximum atomic E-state index is 5.03. The van der Waals surface area contributed by atoms with Crippen LogP contribution in [0, 0.1) is 0 Å². The summed E-state index contributed by atoms with van der Waals surface area (Å²) < 4.78 is 0. The molecule has 2 heterocycles. The third kappa shape index (κ3) is 4.61. The van der Waals surface area contributed by atoms with E-state index < -0.39 is 0 Å². The van der Waals surface area contributed by atoms with E-state index >= 15 is 0 Å². The normalized spacial score (nSPS) is 12.8. The third-order valence-electron chi connectivity index (χ3n) is 7.19. The zero-order chi connectivity index (χ0) is 26.7. The van der Waals surface area contributed by atoms with Crippen molar-refractivity contribution in [3.63, 3.8) is 0 Å². The molecule has 0 bridgehead atoms. The van der Waals surface area contributed by atoms with Crippen molar-refractivity contribution in [1.82, 2.24) is 15.0 Å². The van der Waals surface area contributed by atoms with E-state index in [0.29, 0.717) is 17.5 Å². The van der Waals surface area contributed by atoms with Crippen molar-refractivity contribution in [3.8, 4) is 45.3 Å². The van der Waals surface area contributed by atoms with Crippen molar-refractivity contribution < 1.29 is 0 Å². The SMILES string of the molecule is C1=CC(c2ccc(-c3c(-c4nc(-c5ccccc5)nc(-c5ccccc5)n4)ccc4ccccc34)cc2)=NCC1. The van der Waals surface area contributed by atoms with Crippen molar-refractivity contribution in [2.24, 2.45) is 4.99 Å². The molecule has 0 radical (unpaired) electrons. The van der Waals surface area contributed by atoms with Gasteiger partial charge in [-0.1, -0.05) is 121 Å². The molecule has 4 heteroatoms. The molecule has 5 aromatic carbocycles. The Hall–Kier alpha value is -5.22. The van der Waals surface area contributed by atoms with Crippen LogP contribution < -0.4 is 0 Å². The molecule has 1 aliphatic rings. The predicted octanol–water partition coefficient (Wildman–Crippen LogP) is 8.44. The minimum Gasteiger partial charge on any atom is -0.284 e. The number of fused-ring (bicyclic) bond motifs is 1. The van der Waals surface area contributed by atoms with Gasteiger partial charge in [-0.05, 0) is 40.5 Å². The van der Waals surface area contributed by atoms with Gasteiger partial charge in [0.15, 0.2) is 17.5 Å². The molecule has 40 heavy (non-hydrogen) atoms. The average molecular weight is 515 g/mol. The number of hydrogen-bond acceptors (Lipinski definition) is 4. The summed E-state index contributed by atoms with van der Waals surface area (Å²) in [6.07, 6.45) is 5.31. The summed E-state index contributed by atoms with van der Waals surface area (Å²) in [5.74, 6) is 1.96. The summed E-state index contributed by atoms with van der Waals surface area (Å²) in [4.78, 5) is 19.6. The molecule has 6 aromatic rings. The first-order valence-electron chi connectivity index (χ1n) is 13.5. The van der Waals surface area contributed by atoms with Crippen LogP contribution in [0.3, 0.4) is 0 Å². The van der Waals surface area contributed by atoms with Crippen LogP contribution in [-0.2, 0) is 0 Å². The maximum Gasteiger partial charge on any atom is 0.164 e. The molecule has 0 amide bonds. The Labute approximate surface area is 233 Å². The molecule has 0 saturated carbocycles. The highest BCUT2D eigenvalue weighted by Gasteiger charge is 2.18. The van der Waals surface area contributed by atoms with Gasteiger partial charge in [0.05, 0.1) is 5.71 Å². The first-order valence-corrected chi connectivity index (χ1v) is 13.5. The van der Waals surface area contributed by atoms with Gasteiger partial charge in [-0.2, -0.15) is 0 Å². The molecular weight excluding hydrogens is 488 g/mol. The smallest absolute Gasteiger partial charge is 0.164 e. The van der Waals surface area contributed by atoms with E-state index in [4.69, 9.17) is 19.9 Å². The molecule has 7 rings (SSSR count). The van der Waals surface area contributed by atoms with Crippen LogP contribution in [0.15, 0.2) is 138 Å². The van der Waals surface area contributed by atoms with Crippen LogP contribution in [0.25, 0.3) is 56.1 Å². The number of allylic oxidation sites excluding steroid dienone is 1. The molecule has 1 aliphatic heterocycles. The predicted molar refractivity (Wildman–Crippen MR) is 164 cm³/mol. The van der Waals surface area contributed by atoms with E-state index in [0.717, 1.165) is 57.4 Å². The summed E-state index contributed by atoms with van der Waals surface area (Å²) >= 11 is 0. The monoisotopic (exact) mass is 514 g/mol. The Balaban J connectivity index is 1.44. The standard InChI is InChI=1S/C36H26N4/c1-3-12-28(13-4-1)34-38-35(29-14-5-2-6-15-29)40-36(39-34)31-23-22-25-11-7-8-16-30(25)33(31)27-20-18-26(19-21-27)32-17-9-10-24-37-32/h1-9,11-23H,10,24H2. The van der Waals surface area contributed by atoms with Crippen molar-refractivity contribution in [2.75, 3.05) is 6.54 Å². The zero-order valence-corrected chi connectivity index (χ0v) is 21.9. The molecular formula is C36H26N4. The second-order valence-corrected chi connectivity index (χ2v) is 9.78. The second kappa shape index (κ2) is 10.5. The molecule has 190 valence electrons. The van der Waals surface area contributed by atoms with E-state index in [2.05, 4.69) is 72.8 Å². The summed E-state index contributed by atoms with van der Waals surface area (Å²) in [5, 5.41) is 2.33. The lowest BCUT2D eigenvalue weighted by Crippen LogP contribution is -2.02. The van der Waals surface area contributed by atoms with Crippen molar-refractivity contribution in [2.45, 2.75) is 6.42 Å². The van der Waals surface area contributed by atoms with Crippen molar-refractivity contribution >= 4 is 16.5 Å². The number of nitrogens with zero attached hydrogens (tertiary/aromatic N) is 4. The van der Waals surface area contributed by atoms with Gasteiger partial charge in [-0.3, -0.25) is 4.99 Å². The second-order valence-electron chi connectivity index (χ2n) is 9.78. The van der Waals surface area contributed by atoms with Crippen LogP contribution in [-0.4, -0.2) is 27.2 Å². The minimum absolute atomic E-state index is 0.650. The Morgan fingerprint density at radius 2 is 1.07 bits per heavy atom. The van der Waals surface area contributed by atoms with Crippen LogP contribution >= 0.6 is 0 Å². The van der Waals surface area contributed by atoms with Crippen LogP contribution in [0.2, 0.25) is 0 Å². The van der Waals surface area contributed by atoms with Gasteiger partial charge in [0.25, 0.3) is 0 Å². The topological polar surface area (TPSA) is 51.0 Å². The molecule has 0 fully saturated rings. The molecule has 0 saturated heterocycles. The first-order chi connectivity index (χ1) is 19.8. The van der Waals surface area contributed by atoms with E-state index in [1.54, 1.807) is 0 Å². The number of dihydropyridines is 1. The summed E-state index contributed by atoms with van der Waals surface area (Å²) in [5.41, 5.74) is 7.26. The van der Waals surface area contributed by atoms with Crippen molar-refractivity contribution in [1.29, 1.82) is 0 Å². The lowest BCUT2D eigenvalue weighted by Gasteiger charge is -2.15. The van der Waals surface area contributed by atoms with Gasteiger partial charge >= 0.3 is 0 Å². The Kier molecular flexibility index (Phi) is 6.27. The van der Waals surface area contributed by atoms with Crippen LogP contribution in [0.4, 0.5) is 0 Å². The number of aromatic nitrogens is 3. The third-order valence-corrected chi connectivity index (χ3v) is 7.19. The Morgan fingerprint density at radius 3 is 1.73 bits per heavy atom. The number of benzene rings is 5. The average Bonchev–Trinajstić information content (AvgIpc) is 3.05. The Morgan fingerprint density at radius 1 is 0.475 bits per heavy atom. The fourth-order valence-electron chi connectivity index (χ4n) is 5.20. The quantitative estimate of drug-likeness (QED) is 0.232. The highest BCUT2D eigenvalue weighted by molar-refractivity contribution is 6.10. The summed E-state index contributed by atoms with van der Waals surface area (Å²) in [6.45, 7) is 0.841. The van der Waals surface area contributed by atoms with E-state index in [1.807, 2.05) is 60.7 Å². The maximum absolute atomic E-state index is 5.03. The summed E-state index contributed by atoms with van der Waals surface area (Å²) in [7, 11) is 0. The Bertz CT molecular complexity index is 1810. The fourth-order valence-corrected chi connectivity index (χ4v) is 5.20. The molecule has 0 unspecified atom stereocenters. The molecule has 0 spiro atoms. The van der Waals surface area contributed by atoms with Crippen LogP contribution in [0.1, 0.15) is 12.0 Å². The molecule has 0 aliphatic carbocycles. The van der Waals surface area contributed by atoms with Gasteiger partial charge in [0, 0.05) is 28.8 Å². The van der Waals surface area contributed by atoms with Gasteiger partial charge in [0.1, 0.15) is 0 Å². The van der Waals surface area contributed by atoms with Crippen LogP contribution in [0.5, 0.6) is 0 Å². The van der Waals surface area contributed by atoms with Crippen molar-refractivity contribution in [3.05, 3.63) is 139 Å². The zero-order valence-electron chi connectivity index (χ0n) is 21.9. The van der Waals surface area contributed by atoms with E-state index in [9.17, 15) is 0 Å². The first kappa shape index (κ1) is 23.9. The summed E-state index contributed by atoms with van der Waals surface area (Å²) in [6, 6.07) is 41.7. The lowest BCUT2D eigenvalue weighted by molar-refractivity contribution is 0.994. The molecule has 0 N–H and O–H groups in total. The van der Waals surface area contributed by atoms with Gasteiger partial charge < -0.3 is 0 Å². The molecule has 0 atom stereocenters. The van der Waals surface area contributed by atoms with Gasteiger partial charge in [-0.25, -0.2) is 15.0 Å². The van der Waals surface area contributed by atoms with E-state index in [1.165, 1.54) is 5.39 Å². The number of aliphatic imine (C=N–C) groups is 1. The highest BCUT2D eigenvalue weighted by Crippen LogP contribution is 2.38. The van der Waals surface area contributed by atoms with E-state index in [-0.39, 0.29) is 0 Å².